The lowest BCUT2D eigenvalue weighted by Gasteiger charge is -2.33. The number of aryl methyl sites for hydroxylation is 1. The molecule has 0 aromatic heterocycles. The van der Waals surface area contributed by atoms with Crippen LogP contribution in [0.2, 0.25) is 0 Å². The van der Waals surface area contributed by atoms with Crippen LogP contribution in [0.4, 0.5) is 18.9 Å². The van der Waals surface area contributed by atoms with Crippen LogP contribution in [0, 0.1) is 19.3 Å². The van der Waals surface area contributed by atoms with Gasteiger partial charge in [-0.25, -0.2) is 0 Å². The van der Waals surface area contributed by atoms with Crippen molar-refractivity contribution in [2.24, 2.45) is 0 Å². The third-order valence-corrected chi connectivity index (χ3v) is 5.32. The Morgan fingerprint density at radius 1 is 1.03 bits per heavy atom. The second-order valence-corrected chi connectivity index (χ2v) is 7.58. The molecule has 2 aromatic rings. The van der Waals surface area contributed by atoms with Crippen LogP contribution in [0.3, 0.4) is 0 Å². The van der Waals surface area contributed by atoms with Crippen LogP contribution in [-0.2, 0) is 12.7 Å². The summed E-state index contributed by atoms with van der Waals surface area (Å²) in [5.41, 5.74) is 1.28. The molecule has 7 heteroatoms. The highest BCUT2D eigenvalue weighted by Gasteiger charge is 2.34. The molecule has 0 bridgehead atoms. The minimum Gasteiger partial charge on any atom is -0.322 e. The number of alkyl halides is 3. The highest BCUT2D eigenvalue weighted by molar-refractivity contribution is 6.04. The number of nitrogens with one attached hydrogen (secondary N) is 1. The summed E-state index contributed by atoms with van der Waals surface area (Å²) < 4.78 is 41.1. The van der Waals surface area contributed by atoms with Crippen LogP contribution >= 0.6 is 0 Å². The van der Waals surface area contributed by atoms with Gasteiger partial charge in [0.25, 0.3) is 5.91 Å². The van der Waals surface area contributed by atoms with E-state index in [4.69, 9.17) is 6.42 Å². The number of hydrogen-bond acceptors (Lipinski definition) is 3. The zero-order valence-corrected chi connectivity index (χ0v) is 21.0. The Labute approximate surface area is 202 Å². The number of terminal acetylenes is 1. The normalized spacial score (nSPS) is 14.1. The molecule has 34 heavy (non-hydrogen) atoms. The lowest BCUT2D eigenvalue weighted by molar-refractivity contribution is -0.138. The summed E-state index contributed by atoms with van der Waals surface area (Å²) in [5, 5.41) is 2.55. The lowest BCUT2D eigenvalue weighted by atomic mass is 10.0. The molecular formula is C27H36F3N3O. The first-order chi connectivity index (χ1) is 16.2. The van der Waals surface area contributed by atoms with Gasteiger partial charge in [0.05, 0.1) is 5.56 Å². The van der Waals surface area contributed by atoms with Crippen LogP contribution in [0.15, 0.2) is 36.4 Å². The van der Waals surface area contributed by atoms with Crippen molar-refractivity contribution in [3.05, 3.63) is 64.2 Å². The first kappa shape index (κ1) is 29.2. The molecule has 2 aromatic carbocycles. The number of nitrogens with zero attached hydrogens (tertiary/aromatic N) is 2. The Morgan fingerprint density at radius 2 is 1.65 bits per heavy atom. The predicted octanol–water partition coefficient (Wildman–Crippen LogP) is 6.05. The average molecular weight is 476 g/mol. The van der Waals surface area contributed by atoms with Crippen LogP contribution in [0.5, 0.6) is 0 Å². The number of hydrogen-bond donors (Lipinski definition) is 1. The quantitative estimate of drug-likeness (QED) is 0.547. The Bertz CT molecular complexity index is 972. The van der Waals surface area contributed by atoms with E-state index in [-0.39, 0.29) is 17.8 Å². The number of anilines is 1. The number of rotatable bonds is 4. The van der Waals surface area contributed by atoms with Crippen molar-refractivity contribution in [1.82, 2.24) is 9.80 Å². The van der Waals surface area contributed by atoms with E-state index in [9.17, 15) is 18.0 Å². The van der Waals surface area contributed by atoms with Gasteiger partial charge in [-0.1, -0.05) is 45.7 Å². The van der Waals surface area contributed by atoms with Gasteiger partial charge in [-0.2, -0.15) is 13.2 Å². The summed E-state index contributed by atoms with van der Waals surface area (Å²) in [6.07, 6.45) is 0.917. The Balaban J connectivity index is 0.00000137. The maximum Gasteiger partial charge on any atom is 0.416 e. The fraction of sp³-hybridized carbons (Fsp3) is 0.444. The molecule has 1 saturated heterocycles. The number of amides is 1. The molecule has 1 amide bonds. The topological polar surface area (TPSA) is 35.6 Å². The summed E-state index contributed by atoms with van der Waals surface area (Å²) >= 11 is 0. The molecule has 1 aliphatic rings. The highest BCUT2D eigenvalue weighted by atomic mass is 19.4. The third-order valence-electron chi connectivity index (χ3n) is 5.32. The number of piperazine rings is 1. The molecular weight excluding hydrogens is 439 g/mol. The zero-order valence-electron chi connectivity index (χ0n) is 21.0. The smallest absolute Gasteiger partial charge is 0.322 e. The van der Waals surface area contributed by atoms with Crippen molar-refractivity contribution in [3.8, 4) is 12.3 Å². The van der Waals surface area contributed by atoms with Crippen molar-refractivity contribution >= 4 is 11.6 Å². The number of likely N-dealkylation sites (N-methyl/N-ethyl adjacent to an activating group) is 1. The van der Waals surface area contributed by atoms with E-state index in [1.54, 1.807) is 18.2 Å². The van der Waals surface area contributed by atoms with E-state index in [0.29, 0.717) is 11.1 Å². The third kappa shape index (κ3) is 8.19. The maximum absolute atomic E-state index is 13.7. The first-order valence-electron chi connectivity index (χ1n) is 11.7. The zero-order chi connectivity index (χ0) is 25.9. The van der Waals surface area contributed by atoms with Gasteiger partial charge in [0.2, 0.25) is 0 Å². The minimum atomic E-state index is -4.51. The second kappa shape index (κ2) is 13.8. The number of carbonyl (C=O) groups excluding carboxylic acids is 1. The van der Waals surface area contributed by atoms with Gasteiger partial charge in [-0.3, -0.25) is 9.69 Å². The molecule has 4 nitrogen and oxygen atoms in total. The van der Waals surface area contributed by atoms with Crippen LogP contribution < -0.4 is 5.32 Å². The van der Waals surface area contributed by atoms with E-state index < -0.39 is 17.6 Å². The lowest BCUT2D eigenvalue weighted by Crippen LogP contribution is -2.44. The molecule has 3 rings (SSSR count). The summed E-state index contributed by atoms with van der Waals surface area (Å²) in [7, 11) is 2.00. The molecule has 0 saturated carbocycles. The molecule has 1 aliphatic heterocycles. The summed E-state index contributed by atoms with van der Waals surface area (Å²) in [4.78, 5) is 16.7. The number of halogens is 3. The van der Waals surface area contributed by atoms with Crippen LogP contribution in [-0.4, -0.2) is 48.9 Å². The van der Waals surface area contributed by atoms with E-state index in [2.05, 4.69) is 16.1 Å². The minimum absolute atomic E-state index is 0.0947. The van der Waals surface area contributed by atoms with Crippen molar-refractivity contribution in [2.75, 3.05) is 38.5 Å². The molecule has 0 aliphatic carbocycles. The van der Waals surface area contributed by atoms with E-state index in [1.807, 2.05) is 46.6 Å². The maximum atomic E-state index is 13.7. The molecule has 1 fully saturated rings. The largest absolute Gasteiger partial charge is 0.416 e. The van der Waals surface area contributed by atoms with E-state index >= 15 is 0 Å². The van der Waals surface area contributed by atoms with Crippen molar-refractivity contribution in [1.29, 1.82) is 0 Å². The molecule has 0 spiro atoms. The monoisotopic (exact) mass is 475 g/mol. The number of carbonyl (C=O) groups is 1. The Hall–Kier alpha value is -2.82. The van der Waals surface area contributed by atoms with Gasteiger partial charge in [0.15, 0.2) is 0 Å². The molecule has 1 N–H and O–H groups in total. The summed E-state index contributed by atoms with van der Waals surface area (Å²) in [5.74, 6) is 1.99. The van der Waals surface area contributed by atoms with Crippen molar-refractivity contribution in [3.63, 3.8) is 0 Å². The van der Waals surface area contributed by atoms with Gasteiger partial charge in [0, 0.05) is 49.5 Å². The Morgan fingerprint density at radius 3 is 2.21 bits per heavy atom. The molecule has 1 heterocycles. The number of benzene rings is 2. The first-order valence-corrected chi connectivity index (χ1v) is 11.7. The molecule has 0 atom stereocenters. The Kier molecular flexibility index (Phi) is 11.8. The highest BCUT2D eigenvalue weighted by Crippen LogP contribution is 2.34. The van der Waals surface area contributed by atoms with Gasteiger partial charge in [0.1, 0.15) is 0 Å². The predicted molar refractivity (Wildman–Crippen MR) is 134 cm³/mol. The fourth-order valence-electron chi connectivity index (χ4n) is 3.42. The van der Waals surface area contributed by atoms with Crippen molar-refractivity contribution in [2.45, 2.75) is 47.3 Å². The van der Waals surface area contributed by atoms with Crippen LogP contribution in [0.25, 0.3) is 0 Å². The van der Waals surface area contributed by atoms with Gasteiger partial charge < -0.3 is 10.2 Å². The van der Waals surface area contributed by atoms with Crippen molar-refractivity contribution < 1.29 is 18.0 Å². The van der Waals surface area contributed by atoms with Gasteiger partial charge >= 0.3 is 6.18 Å². The fourth-order valence-corrected chi connectivity index (χ4v) is 3.42. The second-order valence-electron chi connectivity index (χ2n) is 7.58. The van der Waals surface area contributed by atoms with E-state index in [0.717, 1.165) is 37.8 Å². The molecule has 186 valence electrons. The molecule has 0 unspecified atom stereocenters. The van der Waals surface area contributed by atoms with E-state index in [1.165, 1.54) is 12.1 Å². The molecule has 0 radical (unpaired) electrons. The van der Waals surface area contributed by atoms with Crippen LogP contribution in [0.1, 0.15) is 60.3 Å². The summed E-state index contributed by atoms with van der Waals surface area (Å²) in [6.45, 7) is 13.1. The SMILES string of the molecule is C#Cc1cc(C(=O)Nc2ccc(CN3CCN(C)CC3)c(C(F)(F)F)c2)ccc1C.CC.CC. The summed E-state index contributed by atoms with van der Waals surface area (Å²) in [6, 6.07) is 8.81. The average Bonchev–Trinajstić information content (AvgIpc) is 2.83. The van der Waals surface area contributed by atoms with Gasteiger partial charge in [-0.15, -0.1) is 6.42 Å². The van der Waals surface area contributed by atoms with Gasteiger partial charge in [-0.05, 0) is 49.4 Å². The standard InChI is InChI=1S/C23H24F3N3O.2C2H6/c1-4-17-13-18(6-5-16(17)2)22(30)27-20-8-7-19(21(14-20)23(24,25)26)15-29-11-9-28(3)10-12-29;2*1-2/h1,5-8,13-14H,9-12,15H2,2-3H3,(H,27,30);2*1-2H3.